The summed E-state index contributed by atoms with van der Waals surface area (Å²) < 4.78 is 5.39. The molecule has 0 fully saturated rings. The Labute approximate surface area is 131 Å². The molecule has 1 aromatic heterocycles. The number of aryl methyl sites for hydroxylation is 1. The number of carboxylic acid groups (broad SMARTS) is 1. The lowest BCUT2D eigenvalue weighted by Gasteiger charge is -2.01. The molecule has 0 spiro atoms. The van der Waals surface area contributed by atoms with Crippen molar-refractivity contribution in [3.05, 3.63) is 41.8 Å². The highest BCUT2D eigenvalue weighted by Gasteiger charge is 2.08. The molecule has 116 valence electrons. The molecule has 0 saturated heterocycles. The lowest BCUT2D eigenvalue weighted by atomic mass is 10.1. The van der Waals surface area contributed by atoms with Crippen molar-refractivity contribution in [2.75, 3.05) is 11.5 Å². The average molecular weight is 320 g/mol. The molecule has 0 radical (unpaired) electrons. The van der Waals surface area contributed by atoms with Crippen molar-refractivity contribution in [3.63, 3.8) is 0 Å². The molecular weight excluding hydrogens is 304 g/mol. The summed E-state index contributed by atoms with van der Waals surface area (Å²) in [6.45, 7) is 2.25. The molecule has 0 aliphatic rings. The van der Waals surface area contributed by atoms with Crippen LogP contribution in [-0.2, 0) is 16.1 Å². The average Bonchev–Trinajstić information content (AvgIpc) is 2.94. The van der Waals surface area contributed by atoms with Gasteiger partial charge in [-0.15, -0.1) is 11.8 Å². The number of nitrogens with zero attached hydrogens (tertiary/aromatic N) is 1. The maximum atomic E-state index is 11.5. The van der Waals surface area contributed by atoms with Crippen LogP contribution in [0.25, 0.3) is 11.5 Å². The SMILES string of the molecule is Cc1ccc(-c2nc(CNC(=O)CSCC(=O)O)co2)cc1. The number of carbonyl (C=O) groups excluding carboxylic acids is 1. The minimum absolute atomic E-state index is 0.0883. The van der Waals surface area contributed by atoms with E-state index in [0.29, 0.717) is 11.6 Å². The van der Waals surface area contributed by atoms with Gasteiger partial charge in [0.15, 0.2) is 0 Å². The summed E-state index contributed by atoms with van der Waals surface area (Å²) in [6, 6.07) is 7.79. The van der Waals surface area contributed by atoms with Gasteiger partial charge in [0.2, 0.25) is 11.8 Å². The summed E-state index contributed by atoms with van der Waals surface area (Å²) in [5.74, 6) is -0.642. The Bertz CT molecular complexity index is 652. The molecule has 0 atom stereocenters. The molecule has 0 unspecified atom stereocenters. The van der Waals surface area contributed by atoms with Crippen LogP contribution in [0.15, 0.2) is 34.9 Å². The van der Waals surface area contributed by atoms with Crippen LogP contribution in [0.2, 0.25) is 0 Å². The van der Waals surface area contributed by atoms with E-state index in [4.69, 9.17) is 9.52 Å². The van der Waals surface area contributed by atoms with Crippen molar-refractivity contribution in [2.45, 2.75) is 13.5 Å². The van der Waals surface area contributed by atoms with Crippen LogP contribution >= 0.6 is 11.8 Å². The molecular formula is C15H16N2O4S. The van der Waals surface area contributed by atoms with E-state index in [9.17, 15) is 9.59 Å². The van der Waals surface area contributed by atoms with Crippen LogP contribution in [0, 0.1) is 6.92 Å². The van der Waals surface area contributed by atoms with E-state index >= 15 is 0 Å². The predicted octanol–water partition coefficient (Wildman–Crippen LogP) is 2.08. The lowest BCUT2D eigenvalue weighted by Crippen LogP contribution is -2.25. The van der Waals surface area contributed by atoms with Crippen molar-refractivity contribution in [2.24, 2.45) is 0 Å². The molecule has 0 bridgehead atoms. The first-order valence-electron chi connectivity index (χ1n) is 6.62. The van der Waals surface area contributed by atoms with Gasteiger partial charge in [-0.2, -0.15) is 0 Å². The number of thioether (sulfide) groups is 1. The summed E-state index contributed by atoms with van der Waals surface area (Å²) in [7, 11) is 0. The van der Waals surface area contributed by atoms with E-state index in [2.05, 4.69) is 10.3 Å². The molecule has 2 rings (SSSR count). The molecule has 0 aliphatic heterocycles. The third-order valence-electron chi connectivity index (χ3n) is 2.78. The van der Waals surface area contributed by atoms with Crippen molar-refractivity contribution in [1.29, 1.82) is 0 Å². The Morgan fingerprint density at radius 3 is 2.68 bits per heavy atom. The summed E-state index contributed by atoms with van der Waals surface area (Å²) in [5.41, 5.74) is 2.65. The van der Waals surface area contributed by atoms with Gasteiger partial charge in [-0.1, -0.05) is 17.7 Å². The maximum Gasteiger partial charge on any atom is 0.313 e. The molecule has 2 aromatic rings. The molecule has 1 aromatic carbocycles. The van der Waals surface area contributed by atoms with Gasteiger partial charge in [0.1, 0.15) is 6.26 Å². The number of hydrogen-bond donors (Lipinski definition) is 2. The fourth-order valence-electron chi connectivity index (χ4n) is 1.69. The smallest absolute Gasteiger partial charge is 0.313 e. The molecule has 22 heavy (non-hydrogen) atoms. The second-order valence-electron chi connectivity index (χ2n) is 4.67. The van der Waals surface area contributed by atoms with Gasteiger partial charge in [0.05, 0.1) is 23.7 Å². The van der Waals surface area contributed by atoms with Gasteiger partial charge in [-0.3, -0.25) is 9.59 Å². The van der Waals surface area contributed by atoms with E-state index < -0.39 is 5.97 Å². The number of nitrogens with one attached hydrogen (secondary N) is 1. The fraction of sp³-hybridized carbons (Fsp3) is 0.267. The van der Waals surface area contributed by atoms with Gasteiger partial charge in [-0.05, 0) is 19.1 Å². The molecule has 7 heteroatoms. The summed E-state index contributed by atoms with van der Waals surface area (Å²) in [6.07, 6.45) is 1.50. The standard InChI is InChI=1S/C15H16N2O4S/c1-10-2-4-11(5-3-10)15-17-12(7-21-15)6-16-13(18)8-22-9-14(19)20/h2-5,7H,6,8-9H2,1H3,(H,16,18)(H,19,20). The number of benzene rings is 1. The normalized spacial score (nSPS) is 10.4. The van der Waals surface area contributed by atoms with Crippen molar-refractivity contribution >= 4 is 23.6 Å². The summed E-state index contributed by atoms with van der Waals surface area (Å²) in [4.78, 5) is 26.2. The number of rotatable bonds is 7. The van der Waals surface area contributed by atoms with E-state index in [1.807, 2.05) is 31.2 Å². The van der Waals surface area contributed by atoms with Crippen LogP contribution in [0.3, 0.4) is 0 Å². The van der Waals surface area contributed by atoms with Gasteiger partial charge in [0, 0.05) is 5.56 Å². The van der Waals surface area contributed by atoms with E-state index in [1.165, 1.54) is 6.26 Å². The minimum atomic E-state index is -0.933. The number of hydrogen-bond acceptors (Lipinski definition) is 5. The molecule has 0 saturated carbocycles. The van der Waals surface area contributed by atoms with Gasteiger partial charge in [-0.25, -0.2) is 4.98 Å². The zero-order valence-electron chi connectivity index (χ0n) is 12.0. The zero-order valence-corrected chi connectivity index (χ0v) is 12.9. The molecule has 2 N–H and O–H groups in total. The topological polar surface area (TPSA) is 92.4 Å². The third kappa shape index (κ3) is 4.92. The predicted molar refractivity (Wildman–Crippen MR) is 83.5 cm³/mol. The second kappa shape index (κ2) is 7.65. The van der Waals surface area contributed by atoms with Crippen LogP contribution < -0.4 is 5.32 Å². The van der Waals surface area contributed by atoms with Crippen LogP contribution in [0.5, 0.6) is 0 Å². The Kier molecular flexibility index (Phi) is 5.60. The number of aromatic nitrogens is 1. The van der Waals surface area contributed by atoms with Gasteiger partial charge < -0.3 is 14.8 Å². The van der Waals surface area contributed by atoms with E-state index in [1.54, 1.807) is 0 Å². The van der Waals surface area contributed by atoms with Crippen LogP contribution in [-0.4, -0.2) is 33.5 Å². The van der Waals surface area contributed by atoms with Crippen LogP contribution in [0.1, 0.15) is 11.3 Å². The number of amides is 1. The molecule has 1 amide bonds. The fourth-order valence-corrected chi connectivity index (χ4v) is 2.25. The van der Waals surface area contributed by atoms with E-state index in [0.717, 1.165) is 22.9 Å². The Morgan fingerprint density at radius 2 is 2.00 bits per heavy atom. The van der Waals surface area contributed by atoms with E-state index in [-0.39, 0.29) is 24.0 Å². The quantitative estimate of drug-likeness (QED) is 0.811. The number of oxazole rings is 1. The zero-order chi connectivity index (χ0) is 15.9. The monoisotopic (exact) mass is 320 g/mol. The highest BCUT2D eigenvalue weighted by molar-refractivity contribution is 8.00. The van der Waals surface area contributed by atoms with Gasteiger partial charge >= 0.3 is 5.97 Å². The highest BCUT2D eigenvalue weighted by Crippen LogP contribution is 2.18. The third-order valence-corrected chi connectivity index (χ3v) is 3.69. The Hall–Kier alpha value is -2.28. The molecule has 0 aliphatic carbocycles. The Balaban J connectivity index is 1.83. The minimum Gasteiger partial charge on any atom is -0.481 e. The van der Waals surface area contributed by atoms with Crippen LogP contribution in [0.4, 0.5) is 0 Å². The van der Waals surface area contributed by atoms with Crippen molar-refractivity contribution in [3.8, 4) is 11.5 Å². The molecule has 1 heterocycles. The van der Waals surface area contributed by atoms with Crippen molar-refractivity contribution in [1.82, 2.24) is 10.3 Å². The number of carbonyl (C=O) groups is 2. The maximum absolute atomic E-state index is 11.5. The first kappa shape index (κ1) is 16.1. The number of carboxylic acids is 1. The number of aliphatic carboxylic acids is 1. The second-order valence-corrected chi connectivity index (χ2v) is 5.66. The molecule has 6 nitrogen and oxygen atoms in total. The summed E-state index contributed by atoms with van der Waals surface area (Å²) in [5, 5.41) is 11.2. The largest absolute Gasteiger partial charge is 0.481 e. The first-order chi connectivity index (χ1) is 10.5. The van der Waals surface area contributed by atoms with Crippen molar-refractivity contribution < 1.29 is 19.1 Å². The summed E-state index contributed by atoms with van der Waals surface area (Å²) >= 11 is 1.05. The Morgan fingerprint density at radius 1 is 1.27 bits per heavy atom. The first-order valence-corrected chi connectivity index (χ1v) is 7.78. The highest BCUT2D eigenvalue weighted by atomic mass is 32.2. The van der Waals surface area contributed by atoms with Gasteiger partial charge in [0.25, 0.3) is 0 Å². The lowest BCUT2D eigenvalue weighted by molar-refractivity contribution is -0.133.